The first-order chi connectivity index (χ1) is 17.9. The number of nitrogens with one attached hydrogen (secondary N) is 2. The molecule has 38 heavy (non-hydrogen) atoms. The number of carbonyl (C=O) groups excluding carboxylic acids is 2. The van der Waals surface area contributed by atoms with Crippen molar-refractivity contribution in [3.63, 3.8) is 0 Å². The molecule has 3 N–H and O–H groups in total. The Morgan fingerprint density at radius 2 is 1.47 bits per heavy atom. The lowest BCUT2D eigenvalue weighted by atomic mass is 9.91. The van der Waals surface area contributed by atoms with E-state index in [9.17, 15) is 22.8 Å². The maximum Gasteiger partial charge on any atom is 0.394 e. The molecular formula is C28H37N3O6S. The van der Waals surface area contributed by atoms with E-state index in [0.29, 0.717) is 12.3 Å². The Balaban J connectivity index is 1.80. The van der Waals surface area contributed by atoms with Gasteiger partial charge >= 0.3 is 11.9 Å². The third-order valence-electron chi connectivity index (χ3n) is 6.98. The van der Waals surface area contributed by atoms with Crippen molar-refractivity contribution >= 4 is 27.8 Å². The number of sulfonamides is 1. The summed E-state index contributed by atoms with van der Waals surface area (Å²) in [6, 6.07) is 13.6. The molecule has 2 aromatic carbocycles. The Hall–Kier alpha value is -3.24. The lowest BCUT2D eigenvalue weighted by Gasteiger charge is -2.37. The van der Waals surface area contributed by atoms with Gasteiger partial charge in [-0.3, -0.25) is 9.59 Å². The molecular weight excluding hydrogens is 506 g/mol. The number of carbonyl (C=O) groups is 3. The number of benzene rings is 2. The summed E-state index contributed by atoms with van der Waals surface area (Å²) in [7, 11) is -3.97. The Morgan fingerprint density at radius 3 is 2.00 bits per heavy atom. The first-order valence-electron chi connectivity index (χ1n) is 12.9. The quantitative estimate of drug-likeness (QED) is 0.416. The second-order valence-corrected chi connectivity index (χ2v) is 12.3. The predicted octanol–water partition coefficient (Wildman–Crippen LogP) is 3.22. The average molecular weight is 544 g/mol. The summed E-state index contributed by atoms with van der Waals surface area (Å²) in [5.74, 6) is -2.78. The van der Waals surface area contributed by atoms with Crippen LogP contribution in [0.4, 0.5) is 0 Å². The zero-order valence-electron chi connectivity index (χ0n) is 22.3. The van der Waals surface area contributed by atoms with E-state index >= 15 is 0 Å². The van der Waals surface area contributed by atoms with Crippen molar-refractivity contribution < 1.29 is 27.9 Å². The van der Waals surface area contributed by atoms with Crippen molar-refractivity contribution in [2.45, 2.75) is 69.9 Å². The van der Waals surface area contributed by atoms with E-state index in [2.05, 4.69) is 24.5 Å². The third-order valence-corrected chi connectivity index (χ3v) is 8.90. The smallest absolute Gasteiger partial charge is 0.394 e. The molecule has 1 saturated heterocycles. The molecule has 206 valence electrons. The fourth-order valence-electron chi connectivity index (χ4n) is 4.53. The van der Waals surface area contributed by atoms with Gasteiger partial charge in [0.25, 0.3) is 0 Å². The minimum absolute atomic E-state index is 0.0442. The van der Waals surface area contributed by atoms with E-state index < -0.39 is 33.8 Å². The lowest BCUT2D eigenvalue weighted by molar-refractivity contribution is -0.150. The molecule has 1 fully saturated rings. The molecule has 0 spiro atoms. The van der Waals surface area contributed by atoms with Gasteiger partial charge in [0.1, 0.15) is 6.04 Å². The van der Waals surface area contributed by atoms with E-state index in [1.165, 1.54) is 9.87 Å². The molecule has 9 nitrogen and oxygen atoms in total. The standard InChI is InChI=1S/C28H37N3O6S/c1-18(2)22-7-5-20(6-8-22)16-29-26(32)25-15-21(17-30-27(33)28(34)35)13-14-31(25)38(36,37)24-11-9-23(10-12-24)19(3)4/h5-12,18-19,21,25H,13-17H2,1-4H3,(H,29,32)(H,30,33)(H,34,35)/t21-,25-/m1/s1. The molecule has 0 unspecified atom stereocenters. The summed E-state index contributed by atoms with van der Waals surface area (Å²) in [6.45, 7) is 8.60. The minimum Gasteiger partial charge on any atom is -0.474 e. The zero-order valence-corrected chi connectivity index (χ0v) is 23.1. The summed E-state index contributed by atoms with van der Waals surface area (Å²) in [5.41, 5.74) is 3.08. The largest absolute Gasteiger partial charge is 0.474 e. The fourth-order valence-corrected chi connectivity index (χ4v) is 6.14. The zero-order chi connectivity index (χ0) is 28.0. The van der Waals surface area contributed by atoms with Gasteiger partial charge in [-0.15, -0.1) is 0 Å². The van der Waals surface area contributed by atoms with Crippen molar-refractivity contribution in [2.75, 3.05) is 13.1 Å². The van der Waals surface area contributed by atoms with Crippen LogP contribution < -0.4 is 10.6 Å². The van der Waals surface area contributed by atoms with E-state index in [1.807, 2.05) is 38.1 Å². The molecule has 2 aromatic rings. The summed E-state index contributed by atoms with van der Waals surface area (Å²) in [6.07, 6.45) is 0.533. The second-order valence-electron chi connectivity index (χ2n) is 10.4. The summed E-state index contributed by atoms with van der Waals surface area (Å²) < 4.78 is 28.5. The first kappa shape index (κ1) is 29.3. The highest BCUT2D eigenvalue weighted by atomic mass is 32.2. The molecule has 1 aliphatic rings. The Morgan fingerprint density at radius 1 is 0.921 bits per heavy atom. The highest BCUT2D eigenvalue weighted by Crippen LogP contribution is 2.29. The van der Waals surface area contributed by atoms with Gasteiger partial charge in [-0.1, -0.05) is 64.1 Å². The number of carboxylic acid groups (broad SMARTS) is 1. The van der Waals surface area contributed by atoms with Gasteiger partial charge in [0.2, 0.25) is 15.9 Å². The summed E-state index contributed by atoms with van der Waals surface area (Å²) in [4.78, 5) is 35.9. The van der Waals surface area contributed by atoms with E-state index in [-0.39, 0.29) is 42.8 Å². The molecule has 0 radical (unpaired) electrons. The molecule has 2 amide bonds. The van der Waals surface area contributed by atoms with E-state index in [4.69, 9.17) is 5.11 Å². The fraction of sp³-hybridized carbons (Fsp3) is 0.464. The number of aliphatic carboxylic acids is 1. The number of piperidine rings is 1. The summed E-state index contributed by atoms with van der Waals surface area (Å²) in [5, 5.41) is 14.1. The Kier molecular flexibility index (Phi) is 9.67. The van der Waals surface area contributed by atoms with Crippen LogP contribution in [0.25, 0.3) is 0 Å². The van der Waals surface area contributed by atoms with Gasteiger partial charge in [-0.05, 0) is 59.4 Å². The molecule has 1 aliphatic heterocycles. The van der Waals surface area contributed by atoms with Crippen LogP contribution in [0.2, 0.25) is 0 Å². The van der Waals surface area contributed by atoms with Crippen molar-refractivity contribution in [1.82, 2.24) is 14.9 Å². The highest BCUT2D eigenvalue weighted by molar-refractivity contribution is 7.89. The topological polar surface area (TPSA) is 133 Å². The monoisotopic (exact) mass is 543 g/mol. The van der Waals surface area contributed by atoms with Crippen molar-refractivity contribution in [2.24, 2.45) is 5.92 Å². The number of carboxylic acids is 1. The van der Waals surface area contributed by atoms with Gasteiger partial charge in [-0.25, -0.2) is 13.2 Å². The average Bonchev–Trinajstić information content (AvgIpc) is 2.90. The maximum atomic E-state index is 13.6. The molecule has 10 heteroatoms. The molecule has 0 aliphatic carbocycles. The van der Waals surface area contributed by atoms with Crippen molar-refractivity contribution in [1.29, 1.82) is 0 Å². The normalized spacial score (nSPS) is 18.4. The Labute approximate surface area is 224 Å². The number of nitrogens with zero attached hydrogens (tertiary/aromatic N) is 1. The van der Waals surface area contributed by atoms with Crippen LogP contribution >= 0.6 is 0 Å². The number of amides is 2. The predicted molar refractivity (Wildman–Crippen MR) is 144 cm³/mol. The second kappa shape index (κ2) is 12.5. The molecule has 2 atom stereocenters. The first-order valence-corrected chi connectivity index (χ1v) is 14.3. The third kappa shape index (κ3) is 7.20. The number of hydrogen-bond donors (Lipinski definition) is 3. The van der Waals surface area contributed by atoms with Gasteiger partial charge < -0.3 is 15.7 Å². The van der Waals surface area contributed by atoms with Crippen LogP contribution in [0.1, 0.15) is 69.1 Å². The van der Waals surface area contributed by atoms with Crippen LogP contribution in [0.15, 0.2) is 53.4 Å². The minimum atomic E-state index is -3.97. The van der Waals surface area contributed by atoms with E-state index in [0.717, 1.165) is 11.1 Å². The van der Waals surface area contributed by atoms with Crippen LogP contribution in [0, 0.1) is 5.92 Å². The lowest BCUT2D eigenvalue weighted by Crippen LogP contribution is -2.54. The van der Waals surface area contributed by atoms with Crippen molar-refractivity contribution in [3.8, 4) is 0 Å². The van der Waals surface area contributed by atoms with Crippen LogP contribution in [-0.2, 0) is 31.0 Å². The number of rotatable bonds is 9. The molecule has 0 bridgehead atoms. The van der Waals surface area contributed by atoms with Crippen LogP contribution in [-0.4, -0.2) is 54.7 Å². The summed E-state index contributed by atoms with van der Waals surface area (Å²) >= 11 is 0. The van der Waals surface area contributed by atoms with Gasteiger partial charge in [0, 0.05) is 19.6 Å². The van der Waals surface area contributed by atoms with Crippen molar-refractivity contribution in [3.05, 3.63) is 65.2 Å². The van der Waals surface area contributed by atoms with Gasteiger partial charge in [-0.2, -0.15) is 4.31 Å². The van der Waals surface area contributed by atoms with Crippen LogP contribution in [0.3, 0.4) is 0 Å². The van der Waals surface area contributed by atoms with Gasteiger partial charge in [0.15, 0.2) is 0 Å². The van der Waals surface area contributed by atoms with Gasteiger partial charge in [0.05, 0.1) is 4.90 Å². The highest BCUT2D eigenvalue weighted by Gasteiger charge is 2.40. The number of hydrogen-bond acceptors (Lipinski definition) is 5. The molecule has 0 aromatic heterocycles. The SMILES string of the molecule is CC(C)c1ccc(CNC(=O)[C@H]2C[C@H](CNC(=O)C(=O)O)CCN2S(=O)(=O)c2ccc(C(C)C)cc2)cc1. The maximum absolute atomic E-state index is 13.6. The molecule has 0 saturated carbocycles. The van der Waals surface area contributed by atoms with E-state index in [1.54, 1.807) is 24.3 Å². The van der Waals surface area contributed by atoms with Crippen LogP contribution in [0.5, 0.6) is 0 Å². The Bertz CT molecular complexity index is 1240. The molecule has 1 heterocycles. The molecule has 3 rings (SSSR count).